The van der Waals surface area contributed by atoms with Crippen molar-refractivity contribution in [3.05, 3.63) is 35.2 Å². The molecule has 0 unspecified atom stereocenters. The molecule has 1 fully saturated rings. The average molecular weight is 250 g/mol. The maximum absolute atomic E-state index is 5.96. The van der Waals surface area contributed by atoms with Crippen LogP contribution in [0.15, 0.2) is 24.5 Å². The Hall–Kier alpha value is -1.06. The minimum Gasteiger partial charge on any atom is -0.307 e. The van der Waals surface area contributed by atoms with Crippen molar-refractivity contribution in [3.8, 4) is 0 Å². The van der Waals surface area contributed by atoms with Gasteiger partial charge in [-0.15, -0.1) is 0 Å². The molecule has 1 aliphatic heterocycles. The topological polar surface area (TPSA) is 20.5 Å². The third-order valence-electron chi connectivity index (χ3n) is 3.31. The first-order chi connectivity index (χ1) is 8.31. The summed E-state index contributed by atoms with van der Waals surface area (Å²) in [7, 11) is 0. The maximum atomic E-state index is 5.96. The lowest BCUT2D eigenvalue weighted by Gasteiger charge is -2.25. The Labute approximate surface area is 106 Å². The first-order valence-electron chi connectivity index (χ1n) is 6.17. The quantitative estimate of drug-likeness (QED) is 0.816. The molecule has 3 rings (SSSR count). The van der Waals surface area contributed by atoms with E-state index in [2.05, 4.69) is 16.1 Å². The molecular weight excluding hydrogens is 234 g/mol. The molecule has 90 valence electrons. The summed E-state index contributed by atoms with van der Waals surface area (Å²) in [4.78, 5) is 7.08. The molecule has 0 radical (unpaired) electrons. The van der Waals surface area contributed by atoms with E-state index in [4.69, 9.17) is 11.6 Å². The van der Waals surface area contributed by atoms with Crippen LogP contribution in [-0.2, 0) is 6.54 Å². The number of halogens is 1. The van der Waals surface area contributed by atoms with Crippen molar-refractivity contribution in [2.75, 3.05) is 13.1 Å². The van der Waals surface area contributed by atoms with E-state index < -0.39 is 0 Å². The van der Waals surface area contributed by atoms with Crippen LogP contribution in [0, 0.1) is 0 Å². The zero-order valence-electron chi connectivity index (χ0n) is 9.77. The fourth-order valence-corrected chi connectivity index (χ4v) is 2.59. The summed E-state index contributed by atoms with van der Waals surface area (Å²) in [6.45, 7) is 3.36. The summed E-state index contributed by atoms with van der Waals surface area (Å²) in [5.74, 6) is 0. The maximum Gasteiger partial charge on any atom is 0.138 e. The van der Waals surface area contributed by atoms with Gasteiger partial charge in [0.1, 0.15) is 5.65 Å². The van der Waals surface area contributed by atoms with Crippen molar-refractivity contribution < 1.29 is 0 Å². The van der Waals surface area contributed by atoms with Gasteiger partial charge < -0.3 is 4.40 Å². The number of rotatable bonds is 2. The summed E-state index contributed by atoms with van der Waals surface area (Å²) >= 11 is 5.96. The molecule has 0 aliphatic carbocycles. The molecule has 2 aromatic heterocycles. The second-order valence-corrected chi connectivity index (χ2v) is 5.12. The molecule has 0 spiro atoms. The molecule has 1 aliphatic rings. The van der Waals surface area contributed by atoms with Gasteiger partial charge in [0.05, 0.1) is 5.69 Å². The number of hydrogen-bond acceptors (Lipinski definition) is 2. The summed E-state index contributed by atoms with van der Waals surface area (Å²) < 4.78 is 2.03. The Morgan fingerprint density at radius 2 is 2.06 bits per heavy atom. The standard InChI is InChI=1S/C13H16ClN3/c14-11-4-7-17-10-12(15-13(17)8-11)9-16-5-2-1-3-6-16/h4,7-8,10H,1-3,5-6,9H2. The van der Waals surface area contributed by atoms with Gasteiger partial charge in [-0.25, -0.2) is 4.98 Å². The van der Waals surface area contributed by atoms with E-state index in [0.29, 0.717) is 0 Å². The van der Waals surface area contributed by atoms with Crippen LogP contribution in [0.4, 0.5) is 0 Å². The van der Waals surface area contributed by atoms with Gasteiger partial charge in [-0.05, 0) is 38.1 Å². The number of hydrogen-bond donors (Lipinski definition) is 0. The predicted octanol–water partition coefficient (Wildman–Crippen LogP) is 2.97. The Morgan fingerprint density at radius 1 is 1.24 bits per heavy atom. The number of piperidine rings is 1. The molecule has 4 heteroatoms. The normalized spacial score (nSPS) is 17.7. The lowest BCUT2D eigenvalue weighted by molar-refractivity contribution is 0.219. The second kappa shape index (κ2) is 4.67. The van der Waals surface area contributed by atoms with Gasteiger partial charge in [-0.1, -0.05) is 18.0 Å². The van der Waals surface area contributed by atoms with Gasteiger partial charge in [0.25, 0.3) is 0 Å². The van der Waals surface area contributed by atoms with Crippen molar-refractivity contribution >= 4 is 17.2 Å². The van der Waals surface area contributed by atoms with Crippen LogP contribution < -0.4 is 0 Å². The minimum atomic E-state index is 0.743. The van der Waals surface area contributed by atoms with Crippen LogP contribution in [0.1, 0.15) is 25.0 Å². The lowest BCUT2D eigenvalue weighted by atomic mass is 10.1. The van der Waals surface area contributed by atoms with Crippen molar-refractivity contribution in [1.82, 2.24) is 14.3 Å². The number of pyridine rings is 1. The SMILES string of the molecule is Clc1ccn2cc(CN3CCCCC3)nc2c1. The monoisotopic (exact) mass is 249 g/mol. The van der Waals surface area contributed by atoms with Gasteiger partial charge in [-0.3, -0.25) is 4.90 Å². The summed E-state index contributed by atoms with van der Waals surface area (Å²) in [6.07, 6.45) is 8.07. The largest absolute Gasteiger partial charge is 0.307 e. The molecule has 0 aromatic carbocycles. The molecule has 3 nitrogen and oxygen atoms in total. The summed E-state index contributed by atoms with van der Waals surface area (Å²) in [5.41, 5.74) is 2.07. The Bertz CT molecular complexity index is 514. The van der Waals surface area contributed by atoms with E-state index in [0.717, 1.165) is 22.9 Å². The van der Waals surface area contributed by atoms with E-state index in [9.17, 15) is 0 Å². The molecule has 0 bridgehead atoms. The molecule has 0 amide bonds. The molecular formula is C13H16ClN3. The first kappa shape index (κ1) is 11.1. The van der Waals surface area contributed by atoms with E-state index in [-0.39, 0.29) is 0 Å². The molecule has 0 N–H and O–H groups in total. The molecule has 3 heterocycles. The fourth-order valence-electron chi connectivity index (χ4n) is 2.43. The van der Waals surface area contributed by atoms with E-state index in [1.165, 1.54) is 32.4 Å². The van der Waals surface area contributed by atoms with Crippen LogP contribution in [-0.4, -0.2) is 27.4 Å². The van der Waals surface area contributed by atoms with Gasteiger partial charge in [0, 0.05) is 24.0 Å². The Morgan fingerprint density at radius 3 is 2.88 bits per heavy atom. The summed E-state index contributed by atoms with van der Waals surface area (Å²) in [6, 6.07) is 3.79. The van der Waals surface area contributed by atoms with Gasteiger partial charge in [0.2, 0.25) is 0 Å². The van der Waals surface area contributed by atoms with Crippen LogP contribution in [0.25, 0.3) is 5.65 Å². The van der Waals surface area contributed by atoms with Crippen LogP contribution in [0.3, 0.4) is 0 Å². The highest BCUT2D eigenvalue weighted by Crippen LogP contribution is 2.15. The zero-order chi connectivity index (χ0) is 11.7. The van der Waals surface area contributed by atoms with Gasteiger partial charge in [-0.2, -0.15) is 0 Å². The smallest absolute Gasteiger partial charge is 0.138 e. The molecule has 2 aromatic rings. The highest BCUT2D eigenvalue weighted by Gasteiger charge is 2.12. The number of likely N-dealkylation sites (tertiary alicyclic amines) is 1. The third kappa shape index (κ3) is 2.45. The Kier molecular flexibility index (Phi) is 3.04. The van der Waals surface area contributed by atoms with E-state index in [1.54, 1.807) is 0 Å². The summed E-state index contributed by atoms with van der Waals surface area (Å²) in [5, 5.41) is 0.743. The van der Waals surface area contributed by atoms with Crippen molar-refractivity contribution in [1.29, 1.82) is 0 Å². The van der Waals surface area contributed by atoms with Crippen LogP contribution in [0.5, 0.6) is 0 Å². The zero-order valence-corrected chi connectivity index (χ0v) is 10.5. The number of imidazole rings is 1. The Balaban J connectivity index is 1.80. The third-order valence-corrected chi connectivity index (χ3v) is 3.54. The van der Waals surface area contributed by atoms with E-state index in [1.807, 2.05) is 22.7 Å². The highest BCUT2D eigenvalue weighted by molar-refractivity contribution is 6.30. The van der Waals surface area contributed by atoms with Crippen molar-refractivity contribution in [3.63, 3.8) is 0 Å². The van der Waals surface area contributed by atoms with Gasteiger partial charge in [0.15, 0.2) is 0 Å². The first-order valence-corrected chi connectivity index (χ1v) is 6.54. The highest BCUT2D eigenvalue weighted by atomic mass is 35.5. The fraction of sp³-hybridized carbons (Fsp3) is 0.462. The van der Waals surface area contributed by atoms with Gasteiger partial charge >= 0.3 is 0 Å². The van der Waals surface area contributed by atoms with Crippen molar-refractivity contribution in [2.24, 2.45) is 0 Å². The number of fused-ring (bicyclic) bond motifs is 1. The minimum absolute atomic E-state index is 0.743. The van der Waals surface area contributed by atoms with Crippen molar-refractivity contribution in [2.45, 2.75) is 25.8 Å². The van der Waals surface area contributed by atoms with Crippen LogP contribution >= 0.6 is 11.6 Å². The number of aromatic nitrogens is 2. The lowest BCUT2D eigenvalue weighted by Crippen LogP contribution is -2.29. The molecule has 17 heavy (non-hydrogen) atoms. The number of nitrogens with zero attached hydrogens (tertiary/aromatic N) is 3. The van der Waals surface area contributed by atoms with E-state index >= 15 is 0 Å². The molecule has 1 saturated heterocycles. The molecule has 0 atom stereocenters. The van der Waals surface area contributed by atoms with Crippen LogP contribution in [0.2, 0.25) is 5.02 Å². The average Bonchev–Trinajstić information content (AvgIpc) is 2.71. The molecule has 0 saturated carbocycles. The predicted molar refractivity (Wildman–Crippen MR) is 69.3 cm³/mol. The second-order valence-electron chi connectivity index (χ2n) is 4.68.